The quantitative estimate of drug-likeness (QED) is 0.365. The lowest BCUT2D eigenvalue weighted by Gasteiger charge is -2.10. The number of benzene rings is 3. The Kier molecular flexibility index (Phi) is 6.47. The molecule has 166 valence electrons. The van der Waals surface area contributed by atoms with Crippen molar-refractivity contribution in [3.63, 3.8) is 0 Å². The average Bonchev–Trinajstić information content (AvgIpc) is 3.20. The zero-order valence-electron chi connectivity index (χ0n) is 18.1. The van der Waals surface area contributed by atoms with Crippen LogP contribution in [0.5, 0.6) is 11.5 Å². The summed E-state index contributed by atoms with van der Waals surface area (Å²) < 4.78 is 13.3. The van der Waals surface area contributed by atoms with E-state index in [9.17, 15) is 9.59 Å². The van der Waals surface area contributed by atoms with E-state index >= 15 is 0 Å². The minimum atomic E-state index is -0.477. The summed E-state index contributed by atoms with van der Waals surface area (Å²) in [7, 11) is 3.08. The normalized spacial score (nSPS) is 11.0. The third kappa shape index (κ3) is 4.61. The molecular weight excluding hydrogens is 440 g/mol. The number of methoxy groups -OCH3 is 2. The van der Waals surface area contributed by atoms with Gasteiger partial charge in [-0.15, -0.1) is 0 Å². The number of ether oxygens (including phenoxy) is 2. The number of aromatic nitrogens is 2. The Morgan fingerprint density at radius 1 is 0.909 bits per heavy atom. The first-order chi connectivity index (χ1) is 16.0. The molecule has 0 atom stereocenters. The number of hydrogen-bond donors (Lipinski definition) is 0. The third-order valence-electron chi connectivity index (χ3n) is 5.11. The Morgan fingerprint density at radius 2 is 1.61 bits per heavy atom. The predicted octanol–water partition coefficient (Wildman–Crippen LogP) is 5.33. The van der Waals surface area contributed by atoms with Crippen LogP contribution < -0.4 is 15.2 Å². The van der Waals surface area contributed by atoms with Gasteiger partial charge in [-0.1, -0.05) is 41.9 Å². The van der Waals surface area contributed by atoms with Gasteiger partial charge in [0.2, 0.25) is 0 Å². The van der Waals surface area contributed by atoms with E-state index in [4.69, 9.17) is 21.1 Å². The second kappa shape index (κ2) is 9.63. The third-order valence-corrected chi connectivity index (χ3v) is 5.36. The van der Waals surface area contributed by atoms with Crippen molar-refractivity contribution in [2.45, 2.75) is 0 Å². The molecule has 7 heteroatoms. The largest absolute Gasteiger partial charge is 0.493 e. The molecule has 6 nitrogen and oxygen atoms in total. The molecule has 4 aromatic rings. The molecule has 1 heterocycles. The molecule has 0 saturated heterocycles. The summed E-state index contributed by atoms with van der Waals surface area (Å²) in [6, 6.07) is 21.4. The zero-order chi connectivity index (χ0) is 23.4. The van der Waals surface area contributed by atoms with Gasteiger partial charge in [0.15, 0.2) is 11.5 Å². The standard InChI is InChI=1S/C26H21ClN2O4/c1-32-23-14-11-19(16-24(23)33-2)22-17-28(21-6-4-3-5-7-21)26(31)29(22)25(30)15-10-18-8-12-20(27)13-9-18/h3-17H,1-2H3/b15-10+. The molecule has 0 aliphatic rings. The van der Waals surface area contributed by atoms with E-state index in [0.717, 1.165) is 10.1 Å². The van der Waals surface area contributed by atoms with E-state index in [0.29, 0.717) is 33.5 Å². The highest BCUT2D eigenvalue weighted by Gasteiger charge is 2.19. The maximum Gasteiger partial charge on any atom is 0.340 e. The highest BCUT2D eigenvalue weighted by atomic mass is 35.5. The van der Waals surface area contributed by atoms with Crippen LogP contribution in [0, 0.1) is 0 Å². The van der Waals surface area contributed by atoms with Gasteiger partial charge in [0.05, 0.1) is 25.6 Å². The smallest absolute Gasteiger partial charge is 0.340 e. The molecule has 0 unspecified atom stereocenters. The summed E-state index contributed by atoms with van der Waals surface area (Å²) in [6.45, 7) is 0. The Morgan fingerprint density at radius 3 is 2.27 bits per heavy atom. The van der Waals surface area contributed by atoms with E-state index < -0.39 is 11.6 Å². The van der Waals surface area contributed by atoms with Crippen molar-refractivity contribution in [2.24, 2.45) is 0 Å². The molecule has 0 amide bonds. The monoisotopic (exact) mass is 460 g/mol. The fourth-order valence-corrected chi connectivity index (χ4v) is 3.57. The fourth-order valence-electron chi connectivity index (χ4n) is 3.45. The fraction of sp³-hybridized carbons (Fsp3) is 0.0769. The molecule has 1 aromatic heterocycles. The van der Waals surface area contributed by atoms with Crippen LogP contribution in [0.4, 0.5) is 0 Å². The molecular formula is C26H21ClN2O4. The van der Waals surface area contributed by atoms with Crippen molar-refractivity contribution in [3.8, 4) is 28.4 Å². The summed E-state index contributed by atoms with van der Waals surface area (Å²) in [5.41, 5.74) is 2.02. The van der Waals surface area contributed by atoms with Crippen molar-refractivity contribution in [2.75, 3.05) is 14.2 Å². The summed E-state index contributed by atoms with van der Waals surface area (Å²) in [5.74, 6) is 0.562. The molecule has 0 radical (unpaired) electrons. The second-order valence-electron chi connectivity index (χ2n) is 7.13. The lowest BCUT2D eigenvalue weighted by molar-refractivity contribution is 0.0967. The molecule has 0 saturated carbocycles. The minimum absolute atomic E-state index is 0.426. The van der Waals surface area contributed by atoms with Crippen LogP contribution in [0.25, 0.3) is 23.0 Å². The first-order valence-corrected chi connectivity index (χ1v) is 10.5. The first kappa shape index (κ1) is 22.2. The van der Waals surface area contributed by atoms with Gasteiger partial charge in [-0.3, -0.25) is 9.36 Å². The molecule has 33 heavy (non-hydrogen) atoms. The van der Waals surface area contributed by atoms with E-state index in [2.05, 4.69) is 0 Å². The van der Waals surface area contributed by atoms with E-state index in [1.165, 1.54) is 17.8 Å². The number of carbonyl (C=O) groups is 1. The number of allylic oxidation sites excluding steroid dienone is 1. The highest BCUT2D eigenvalue weighted by molar-refractivity contribution is 6.30. The van der Waals surface area contributed by atoms with Crippen LogP contribution in [0.3, 0.4) is 0 Å². The lowest BCUT2D eigenvalue weighted by Crippen LogP contribution is -2.27. The molecule has 4 rings (SSSR count). The highest BCUT2D eigenvalue weighted by Crippen LogP contribution is 2.32. The Hall–Kier alpha value is -4.03. The predicted molar refractivity (Wildman–Crippen MR) is 130 cm³/mol. The Labute approximate surface area is 195 Å². The van der Waals surface area contributed by atoms with Crippen LogP contribution in [0.2, 0.25) is 5.02 Å². The van der Waals surface area contributed by atoms with Crippen molar-refractivity contribution < 1.29 is 14.3 Å². The van der Waals surface area contributed by atoms with Crippen molar-refractivity contribution in [1.29, 1.82) is 0 Å². The average molecular weight is 461 g/mol. The maximum atomic E-state index is 13.3. The van der Waals surface area contributed by atoms with Gasteiger partial charge in [0, 0.05) is 22.9 Å². The van der Waals surface area contributed by atoms with Crippen LogP contribution in [0.1, 0.15) is 10.4 Å². The molecule has 0 aliphatic heterocycles. The van der Waals surface area contributed by atoms with Crippen molar-refractivity contribution >= 4 is 23.6 Å². The van der Waals surface area contributed by atoms with Crippen molar-refractivity contribution in [1.82, 2.24) is 9.13 Å². The van der Waals surface area contributed by atoms with E-state index in [-0.39, 0.29) is 0 Å². The lowest BCUT2D eigenvalue weighted by atomic mass is 10.1. The van der Waals surface area contributed by atoms with E-state index in [1.54, 1.807) is 74.0 Å². The maximum absolute atomic E-state index is 13.3. The summed E-state index contributed by atoms with van der Waals surface area (Å²) in [5, 5.41) is 0.602. The van der Waals surface area contributed by atoms with Gasteiger partial charge in [-0.05, 0) is 54.1 Å². The Balaban J connectivity index is 1.84. The second-order valence-corrected chi connectivity index (χ2v) is 7.57. The summed E-state index contributed by atoms with van der Waals surface area (Å²) in [6.07, 6.45) is 4.65. The molecule has 0 spiro atoms. The summed E-state index contributed by atoms with van der Waals surface area (Å²) in [4.78, 5) is 26.5. The number of carbonyl (C=O) groups excluding carboxylic acids is 1. The van der Waals surface area contributed by atoms with Crippen LogP contribution >= 0.6 is 11.6 Å². The number of imidazole rings is 1. The SMILES string of the molecule is COc1ccc(-c2cn(-c3ccccc3)c(=O)n2C(=O)/C=C/c2ccc(Cl)cc2)cc1OC. The molecule has 0 bridgehead atoms. The molecule has 3 aromatic carbocycles. The number of hydrogen-bond acceptors (Lipinski definition) is 4. The van der Waals surface area contributed by atoms with Gasteiger partial charge >= 0.3 is 5.69 Å². The molecule has 0 fully saturated rings. The first-order valence-electron chi connectivity index (χ1n) is 10.1. The topological polar surface area (TPSA) is 62.5 Å². The zero-order valence-corrected chi connectivity index (χ0v) is 18.8. The van der Waals surface area contributed by atoms with Crippen LogP contribution in [-0.2, 0) is 0 Å². The number of para-hydroxylation sites is 1. The molecule has 0 aliphatic carbocycles. The number of nitrogens with zero attached hydrogens (tertiary/aromatic N) is 2. The van der Waals surface area contributed by atoms with Gasteiger partial charge in [0.25, 0.3) is 5.91 Å². The van der Waals surface area contributed by atoms with Gasteiger partial charge in [-0.2, -0.15) is 0 Å². The van der Waals surface area contributed by atoms with Gasteiger partial charge in [-0.25, -0.2) is 9.36 Å². The minimum Gasteiger partial charge on any atom is -0.493 e. The van der Waals surface area contributed by atoms with Crippen LogP contribution in [0.15, 0.2) is 89.9 Å². The number of halogens is 1. The van der Waals surface area contributed by atoms with Gasteiger partial charge < -0.3 is 9.47 Å². The van der Waals surface area contributed by atoms with Crippen molar-refractivity contribution in [3.05, 3.63) is 106 Å². The molecule has 0 N–H and O–H groups in total. The Bertz CT molecular complexity index is 1370. The number of rotatable bonds is 6. The van der Waals surface area contributed by atoms with Crippen LogP contribution in [-0.4, -0.2) is 29.3 Å². The van der Waals surface area contributed by atoms with E-state index in [1.807, 2.05) is 18.2 Å². The van der Waals surface area contributed by atoms with Gasteiger partial charge in [0.1, 0.15) is 0 Å². The summed E-state index contributed by atoms with van der Waals surface area (Å²) >= 11 is 5.93.